The van der Waals surface area contributed by atoms with Crippen LogP contribution >= 0.6 is 11.8 Å². The predicted octanol–water partition coefficient (Wildman–Crippen LogP) is 2.87. The third kappa shape index (κ3) is 1.62. The maximum atomic E-state index is 2.27. The van der Waals surface area contributed by atoms with Gasteiger partial charge < -0.3 is 0 Å². The standard InChI is InChI=1S/C12H14NS/c1-13-9-5-7-11(13)10-6-3-4-8-12(10)14-2/h3-4,6-9H,5H2,1-2H3/q+1. The Bertz CT molecular complexity index is 405. The van der Waals surface area contributed by atoms with Crippen LogP contribution in [0.15, 0.2) is 35.2 Å². The molecule has 0 amide bonds. The molecule has 0 atom stereocenters. The topological polar surface area (TPSA) is 3.01 Å². The number of allylic oxidation sites excluding steroid dienone is 1. The third-order valence-electron chi connectivity index (χ3n) is 2.45. The zero-order valence-electron chi connectivity index (χ0n) is 8.53. The van der Waals surface area contributed by atoms with Crippen LogP contribution in [0.4, 0.5) is 0 Å². The van der Waals surface area contributed by atoms with Crippen molar-refractivity contribution in [3.63, 3.8) is 0 Å². The van der Waals surface area contributed by atoms with Crippen LogP contribution in [0.3, 0.4) is 0 Å². The molecule has 0 saturated heterocycles. The molecule has 0 aromatic heterocycles. The molecule has 0 spiro atoms. The molecule has 0 N–H and O–H groups in total. The van der Waals surface area contributed by atoms with Crippen molar-refractivity contribution in [2.45, 2.75) is 11.3 Å². The quantitative estimate of drug-likeness (QED) is 0.529. The fourth-order valence-electron chi connectivity index (χ4n) is 1.72. The van der Waals surface area contributed by atoms with Crippen molar-refractivity contribution < 1.29 is 4.58 Å². The number of hydrogen-bond acceptors (Lipinski definition) is 1. The highest BCUT2D eigenvalue weighted by Gasteiger charge is 2.18. The minimum absolute atomic E-state index is 1.05. The van der Waals surface area contributed by atoms with E-state index in [1.807, 2.05) is 0 Å². The van der Waals surface area contributed by atoms with Crippen molar-refractivity contribution in [3.8, 4) is 0 Å². The second kappa shape index (κ2) is 4.01. The molecule has 0 fully saturated rings. The summed E-state index contributed by atoms with van der Waals surface area (Å²) in [6.45, 7) is 0. The number of nitrogens with zero attached hydrogens (tertiary/aromatic N) is 1. The van der Waals surface area contributed by atoms with Crippen LogP contribution in [0, 0.1) is 0 Å². The summed E-state index contributed by atoms with van der Waals surface area (Å²) in [4.78, 5) is 1.35. The van der Waals surface area contributed by atoms with Crippen LogP contribution in [0.1, 0.15) is 12.0 Å². The van der Waals surface area contributed by atoms with Crippen molar-refractivity contribution in [1.82, 2.24) is 0 Å². The zero-order valence-corrected chi connectivity index (χ0v) is 9.34. The van der Waals surface area contributed by atoms with Crippen molar-refractivity contribution in [1.29, 1.82) is 0 Å². The SMILES string of the molecule is CSc1ccccc1C1=CCC=[N+]1C. The smallest absolute Gasteiger partial charge is 0.205 e. The average molecular weight is 204 g/mol. The van der Waals surface area contributed by atoms with Gasteiger partial charge in [-0.15, -0.1) is 11.8 Å². The number of hydrogen-bond donors (Lipinski definition) is 0. The molecule has 14 heavy (non-hydrogen) atoms. The first-order chi connectivity index (χ1) is 6.83. The highest BCUT2D eigenvalue weighted by atomic mass is 32.2. The largest absolute Gasteiger partial charge is 0.209 e. The second-order valence-electron chi connectivity index (χ2n) is 3.32. The summed E-state index contributed by atoms with van der Waals surface area (Å²) in [5, 5.41) is 0. The van der Waals surface area contributed by atoms with Gasteiger partial charge in [0.15, 0.2) is 0 Å². The van der Waals surface area contributed by atoms with Gasteiger partial charge in [-0.1, -0.05) is 12.1 Å². The maximum Gasteiger partial charge on any atom is 0.209 e. The van der Waals surface area contributed by atoms with Crippen LogP contribution in [0.5, 0.6) is 0 Å². The monoisotopic (exact) mass is 204 g/mol. The van der Waals surface area contributed by atoms with E-state index in [0.29, 0.717) is 0 Å². The second-order valence-corrected chi connectivity index (χ2v) is 4.17. The normalized spacial score (nSPS) is 15.3. The van der Waals surface area contributed by atoms with Crippen molar-refractivity contribution in [3.05, 3.63) is 35.9 Å². The molecular formula is C12H14NS+. The van der Waals surface area contributed by atoms with Gasteiger partial charge in [0.05, 0.1) is 5.56 Å². The first kappa shape index (κ1) is 9.53. The van der Waals surface area contributed by atoms with Crippen molar-refractivity contribution in [2.75, 3.05) is 13.3 Å². The van der Waals surface area contributed by atoms with Gasteiger partial charge in [-0.2, -0.15) is 0 Å². The summed E-state index contributed by atoms with van der Waals surface area (Å²) >= 11 is 1.80. The van der Waals surface area contributed by atoms with Crippen LogP contribution in [-0.4, -0.2) is 24.1 Å². The Kier molecular flexibility index (Phi) is 2.73. The van der Waals surface area contributed by atoms with Crippen LogP contribution in [0.2, 0.25) is 0 Å². The van der Waals surface area contributed by atoms with E-state index in [1.54, 1.807) is 11.8 Å². The third-order valence-corrected chi connectivity index (χ3v) is 3.25. The van der Waals surface area contributed by atoms with Gasteiger partial charge in [-0.3, -0.25) is 0 Å². The van der Waals surface area contributed by atoms with Gasteiger partial charge in [-0.05, 0) is 24.5 Å². The van der Waals surface area contributed by atoms with E-state index in [0.717, 1.165) is 6.42 Å². The molecule has 0 unspecified atom stereocenters. The molecule has 1 aromatic carbocycles. The minimum Gasteiger partial charge on any atom is -0.205 e. The summed E-state index contributed by atoms with van der Waals surface area (Å²) in [5.41, 5.74) is 2.67. The Hall–Kier alpha value is -1.02. The molecule has 1 heterocycles. The number of rotatable bonds is 2. The molecule has 1 aromatic rings. The van der Waals surface area contributed by atoms with E-state index in [1.165, 1.54) is 16.2 Å². The highest BCUT2D eigenvalue weighted by molar-refractivity contribution is 7.98. The molecule has 1 aliphatic rings. The lowest BCUT2D eigenvalue weighted by Crippen LogP contribution is -2.01. The van der Waals surface area contributed by atoms with E-state index in [4.69, 9.17) is 0 Å². The first-order valence-electron chi connectivity index (χ1n) is 4.72. The van der Waals surface area contributed by atoms with E-state index < -0.39 is 0 Å². The Morgan fingerprint density at radius 3 is 2.71 bits per heavy atom. The molecule has 0 aliphatic carbocycles. The summed E-state index contributed by atoms with van der Waals surface area (Å²) in [6.07, 6.45) is 7.65. The van der Waals surface area contributed by atoms with E-state index >= 15 is 0 Å². The van der Waals surface area contributed by atoms with Crippen LogP contribution in [-0.2, 0) is 0 Å². The summed E-state index contributed by atoms with van der Waals surface area (Å²) in [6, 6.07) is 8.55. The van der Waals surface area contributed by atoms with Crippen LogP contribution in [0.25, 0.3) is 5.70 Å². The lowest BCUT2D eigenvalue weighted by molar-refractivity contribution is -0.387. The summed E-state index contributed by atoms with van der Waals surface area (Å²) in [5.74, 6) is 0. The Labute approximate surface area is 89.2 Å². The van der Waals surface area contributed by atoms with Gasteiger partial charge in [0.2, 0.25) is 5.70 Å². The molecule has 1 nitrogen and oxygen atoms in total. The molecule has 0 saturated carbocycles. The molecule has 72 valence electrons. The van der Waals surface area contributed by atoms with E-state index in [2.05, 4.69) is 54.4 Å². The lowest BCUT2D eigenvalue weighted by atomic mass is 10.1. The van der Waals surface area contributed by atoms with Gasteiger partial charge in [-0.25, -0.2) is 4.58 Å². The average Bonchev–Trinajstić information content (AvgIpc) is 2.64. The number of thioether (sulfide) groups is 1. The number of benzene rings is 1. The fraction of sp³-hybridized carbons (Fsp3) is 0.250. The lowest BCUT2D eigenvalue weighted by Gasteiger charge is -2.04. The Morgan fingerprint density at radius 1 is 1.29 bits per heavy atom. The minimum atomic E-state index is 1.05. The van der Waals surface area contributed by atoms with Crippen molar-refractivity contribution >= 4 is 23.7 Å². The van der Waals surface area contributed by atoms with Crippen molar-refractivity contribution in [2.24, 2.45) is 0 Å². The van der Waals surface area contributed by atoms with Crippen LogP contribution < -0.4 is 0 Å². The first-order valence-corrected chi connectivity index (χ1v) is 5.95. The molecule has 0 radical (unpaired) electrons. The van der Waals surface area contributed by atoms with Gasteiger partial charge >= 0.3 is 0 Å². The zero-order chi connectivity index (χ0) is 9.97. The van der Waals surface area contributed by atoms with Gasteiger partial charge in [0, 0.05) is 11.3 Å². The van der Waals surface area contributed by atoms with Gasteiger partial charge in [0.25, 0.3) is 0 Å². The summed E-state index contributed by atoms with van der Waals surface area (Å²) in [7, 11) is 2.11. The molecule has 0 bridgehead atoms. The van der Waals surface area contributed by atoms with Gasteiger partial charge in [0.1, 0.15) is 13.3 Å². The Balaban J connectivity index is 2.46. The van der Waals surface area contributed by atoms with E-state index in [-0.39, 0.29) is 0 Å². The maximum absolute atomic E-state index is 2.27. The molecule has 2 heteroatoms. The molecule has 2 rings (SSSR count). The highest BCUT2D eigenvalue weighted by Crippen LogP contribution is 2.28. The predicted molar refractivity (Wildman–Crippen MR) is 63.1 cm³/mol. The van der Waals surface area contributed by atoms with E-state index in [9.17, 15) is 0 Å². The molecule has 1 aliphatic heterocycles. The molecular weight excluding hydrogens is 190 g/mol. The Morgan fingerprint density at radius 2 is 2.07 bits per heavy atom. The fourth-order valence-corrected chi connectivity index (χ4v) is 2.33. The summed E-state index contributed by atoms with van der Waals surface area (Å²) < 4.78 is 2.20.